The normalized spacial score (nSPS) is 28.8. The van der Waals surface area contributed by atoms with Crippen LogP contribution in [0.1, 0.15) is 38.5 Å². The molecule has 3 N–H and O–H groups in total. The van der Waals surface area contributed by atoms with E-state index in [1.165, 1.54) is 12.8 Å². The Balaban J connectivity index is 1.61. The maximum atomic E-state index is 11.7. The Labute approximate surface area is 102 Å². The molecule has 0 bridgehead atoms. The minimum atomic E-state index is 0.0885. The fourth-order valence-electron chi connectivity index (χ4n) is 2.46. The molecule has 0 aromatic rings. The topological polar surface area (TPSA) is 70.2 Å². The van der Waals surface area contributed by atoms with Crippen LogP contribution < -0.4 is 16.0 Å². The summed E-state index contributed by atoms with van der Waals surface area (Å²) in [6.45, 7) is 1.59. The Morgan fingerprint density at radius 3 is 2.82 bits per heavy atom. The van der Waals surface area contributed by atoms with Crippen LogP contribution in [0.3, 0.4) is 0 Å². The zero-order valence-electron chi connectivity index (χ0n) is 10.1. The molecule has 0 spiro atoms. The molecule has 0 aromatic heterocycles. The number of hydrogen-bond donors (Lipinski definition) is 3. The zero-order chi connectivity index (χ0) is 12.1. The summed E-state index contributed by atoms with van der Waals surface area (Å²) in [4.78, 5) is 22.7. The number of piperidine rings is 1. The van der Waals surface area contributed by atoms with Gasteiger partial charge < -0.3 is 16.0 Å². The molecule has 2 atom stereocenters. The standard InChI is InChI=1S/C12H21N3O2/c16-11-5-4-10(15-11)8-14-12(17)7-9-3-1-2-6-13-9/h9-10,13H,1-8H2,(H,14,17)(H,15,16). The van der Waals surface area contributed by atoms with E-state index in [0.29, 0.717) is 25.4 Å². The maximum absolute atomic E-state index is 11.7. The van der Waals surface area contributed by atoms with Gasteiger partial charge >= 0.3 is 0 Å². The van der Waals surface area contributed by atoms with Crippen LogP contribution >= 0.6 is 0 Å². The minimum absolute atomic E-state index is 0.0885. The monoisotopic (exact) mass is 239 g/mol. The highest BCUT2D eigenvalue weighted by atomic mass is 16.2. The molecule has 2 fully saturated rings. The predicted molar refractivity (Wildman–Crippen MR) is 64.4 cm³/mol. The number of carbonyl (C=O) groups is 2. The first-order valence-electron chi connectivity index (χ1n) is 6.53. The number of carbonyl (C=O) groups excluding carboxylic acids is 2. The SMILES string of the molecule is O=C(CC1CCCCN1)NCC1CCC(=O)N1. The summed E-state index contributed by atoms with van der Waals surface area (Å²) in [5.41, 5.74) is 0. The van der Waals surface area contributed by atoms with Crippen molar-refractivity contribution in [2.24, 2.45) is 0 Å². The maximum Gasteiger partial charge on any atom is 0.221 e. The van der Waals surface area contributed by atoms with Crippen molar-refractivity contribution in [2.75, 3.05) is 13.1 Å². The number of rotatable bonds is 4. The van der Waals surface area contributed by atoms with Gasteiger partial charge in [-0.05, 0) is 25.8 Å². The van der Waals surface area contributed by atoms with E-state index in [0.717, 1.165) is 19.4 Å². The van der Waals surface area contributed by atoms with E-state index in [9.17, 15) is 9.59 Å². The van der Waals surface area contributed by atoms with Crippen molar-refractivity contribution in [1.29, 1.82) is 0 Å². The second-order valence-corrected chi connectivity index (χ2v) is 4.96. The van der Waals surface area contributed by atoms with Gasteiger partial charge in [-0.15, -0.1) is 0 Å². The Morgan fingerprint density at radius 2 is 2.18 bits per heavy atom. The number of nitrogens with one attached hydrogen (secondary N) is 3. The highest BCUT2D eigenvalue weighted by Crippen LogP contribution is 2.10. The van der Waals surface area contributed by atoms with Crippen LogP contribution in [-0.4, -0.2) is 37.0 Å². The van der Waals surface area contributed by atoms with Crippen molar-refractivity contribution in [3.8, 4) is 0 Å². The highest BCUT2D eigenvalue weighted by Gasteiger charge is 2.22. The zero-order valence-corrected chi connectivity index (χ0v) is 10.1. The summed E-state index contributed by atoms with van der Waals surface area (Å²) in [7, 11) is 0. The largest absolute Gasteiger partial charge is 0.354 e. The third kappa shape index (κ3) is 4.00. The molecule has 0 aliphatic carbocycles. The summed E-state index contributed by atoms with van der Waals surface area (Å²) >= 11 is 0. The van der Waals surface area contributed by atoms with Gasteiger partial charge in [0.1, 0.15) is 0 Å². The average molecular weight is 239 g/mol. The summed E-state index contributed by atoms with van der Waals surface area (Å²) in [6, 6.07) is 0.465. The van der Waals surface area contributed by atoms with Gasteiger partial charge in [-0.3, -0.25) is 9.59 Å². The van der Waals surface area contributed by atoms with Gasteiger partial charge in [0, 0.05) is 31.5 Å². The Hall–Kier alpha value is -1.10. The number of amides is 2. The summed E-state index contributed by atoms with van der Waals surface area (Å²) in [5, 5.41) is 9.10. The van der Waals surface area contributed by atoms with E-state index in [1.807, 2.05) is 0 Å². The second kappa shape index (κ2) is 6.00. The van der Waals surface area contributed by atoms with Gasteiger partial charge in [0.25, 0.3) is 0 Å². The van der Waals surface area contributed by atoms with E-state index in [1.54, 1.807) is 0 Å². The van der Waals surface area contributed by atoms with Crippen LogP contribution in [0, 0.1) is 0 Å². The van der Waals surface area contributed by atoms with Crippen LogP contribution in [0.4, 0.5) is 0 Å². The van der Waals surface area contributed by atoms with Crippen LogP contribution in [-0.2, 0) is 9.59 Å². The molecule has 5 heteroatoms. The van der Waals surface area contributed by atoms with E-state index in [-0.39, 0.29) is 17.9 Å². The lowest BCUT2D eigenvalue weighted by Crippen LogP contribution is -2.42. The van der Waals surface area contributed by atoms with E-state index in [2.05, 4.69) is 16.0 Å². The average Bonchev–Trinajstić information content (AvgIpc) is 2.74. The second-order valence-electron chi connectivity index (χ2n) is 4.96. The molecule has 2 saturated heterocycles. The molecule has 0 saturated carbocycles. The van der Waals surface area contributed by atoms with Crippen LogP contribution in [0.15, 0.2) is 0 Å². The van der Waals surface area contributed by atoms with Gasteiger partial charge in [0.05, 0.1) is 0 Å². The summed E-state index contributed by atoms with van der Waals surface area (Å²) < 4.78 is 0. The van der Waals surface area contributed by atoms with E-state index >= 15 is 0 Å². The molecule has 2 amide bonds. The van der Waals surface area contributed by atoms with Crippen LogP contribution in [0.5, 0.6) is 0 Å². The van der Waals surface area contributed by atoms with Crippen molar-refractivity contribution in [2.45, 2.75) is 50.6 Å². The molecule has 2 heterocycles. The minimum Gasteiger partial charge on any atom is -0.354 e. The fraction of sp³-hybridized carbons (Fsp3) is 0.833. The molecule has 5 nitrogen and oxygen atoms in total. The van der Waals surface area contributed by atoms with Crippen molar-refractivity contribution >= 4 is 11.8 Å². The molecule has 0 aromatic carbocycles. The third-order valence-electron chi connectivity index (χ3n) is 3.47. The van der Waals surface area contributed by atoms with Crippen molar-refractivity contribution < 1.29 is 9.59 Å². The van der Waals surface area contributed by atoms with Gasteiger partial charge in [0.2, 0.25) is 11.8 Å². The van der Waals surface area contributed by atoms with Crippen LogP contribution in [0.25, 0.3) is 0 Å². The molecule has 2 rings (SSSR count). The lowest BCUT2D eigenvalue weighted by Gasteiger charge is -2.23. The first kappa shape index (κ1) is 12.4. The Morgan fingerprint density at radius 1 is 1.29 bits per heavy atom. The van der Waals surface area contributed by atoms with E-state index in [4.69, 9.17) is 0 Å². The fourth-order valence-corrected chi connectivity index (χ4v) is 2.46. The van der Waals surface area contributed by atoms with Gasteiger partial charge in [-0.25, -0.2) is 0 Å². The third-order valence-corrected chi connectivity index (χ3v) is 3.47. The van der Waals surface area contributed by atoms with Gasteiger partial charge in [-0.1, -0.05) is 6.42 Å². The van der Waals surface area contributed by atoms with Crippen molar-refractivity contribution in [3.63, 3.8) is 0 Å². The number of hydrogen-bond acceptors (Lipinski definition) is 3. The molecule has 0 radical (unpaired) electrons. The first-order chi connectivity index (χ1) is 8.24. The molecular formula is C12H21N3O2. The molecule has 17 heavy (non-hydrogen) atoms. The molecular weight excluding hydrogens is 218 g/mol. The highest BCUT2D eigenvalue weighted by molar-refractivity contribution is 5.79. The predicted octanol–water partition coefficient (Wildman–Crippen LogP) is -0.0866. The first-order valence-corrected chi connectivity index (χ1v) is 6.53. The lowest BCUT2D eigenvalue weighted by molar-refractivity contribution is -0.122. The van der Waals surface area contributed by atoms with Gasteiger partial charge in [-0.2, -0.15) is 0 Å². The van der Waals surface area contributed by atoms with Crippen molar-refractivity contribution in [1.82, 2.24) is 16.0 Å². The van der Waals surface area contributed by atoms with Crippen molar-refractivity contribution in [3.05, 3.63) is 0 Å². The lowest BCUT2D eigenvalue weighted by atomic mass is 10.0. The van der Waals surface area contributed by atoms with Gasteiger partial charge in [0.15, 0.2) is 0 Å². The molecule has 96 valence electrons. The van der Waals surface area contributed by atoms with E-state index < -0.39 is 0 Å². The Kier molecular flexibility index (Phi) is 4.36. The summed E-state index contributed by atoms with van der Waals surface area (Å²) in [5.74, 6) is 0.184. The Bertz CT molecular complexity index is 287. The summed E-state index contributed by atoms with van der Waals surface area (Å²) in [6.07, 6.45) is 5.50. The molecule has 2 aliphatic rings. The quantitative estimate of drug-likeness (QED) is 0.642. The smallest absolute Gasteiger partial charge is 0.221 e. The molecule has 2 aliphatic heterocycles. The molecule has 2 unspecified atom stereocenters. The van der Waals surface area contributed by atoms with Crippen LogP contribution in [0.2, 0.25) is 0 Å².